The van der Waals surface area contributed by atoms with E-state index < -0.39 is 0 Å². The molecular weight excluding hydrogens is 220 g/mol. The highest BCUT2D eigenvalue weighted by atomic mass is 16.5. The number of nitrogens with one attached hydrogen (secondary N) is 1. The summed E-state index contributed by atoms with van der Waals surface area (Å²) in [4.78, 5) is 25.4. The number of rotatable bonds is 3. The zero-order chi connectivity index (χ0) is 12.4. The summed E-state index contributed by atoms with van der Waals surface area (Å²) in [6.07, 6.45) is 2.75. The predicted molar refractivity (Wildman–Crippen MR) is 62.4 cm³/mol. The Hall–Kier alpha value is -1.10. The van der Waals surface area contributed by atoms with Gasteiger partial charge in [-0.05, 0) is 26.2 Å². The number of nitrogens with zero attached hydrogens (tertiary/aromatic N) is 1. The molecule has 0 bridgehead atoms. The van der Waals surface area contributed by atoms with E-state index in [-0.39, 0.29) is 36.5 Å². The number of amides is 2. The Bertz CT molecular complexity index is 313. The van der Waals surface area contributed by atoms with E-state index in [1.54, 1.807) is 4.90 Å². The highest BCUT2D eigenvalue weighted by molar-refractivity contribution is 5.94. The molecule has 2 fully saturated rings. The lowest BCUT2D eigenvalue weighted by atomic mass is 10.0. The van der Waals surface area contributed by atoms with Gasteiger partial charge < -0.3 is 15.0 Å². The molecule has 96 valence electrons. The number of ether oxygens (including phenoxy) is 1. The summed E-state index contributed by atoms with van der Waals surface area (Å²) in [7, 11) is 0. The lowest BCUT2D eigenvalue weighted by molar-refractivity contribution is -0.151. The molecule has 2 heterocycles. The second-order valence-electron chi connectivity index (χ2n) is 4.73. The van der Waals surface area contributed by atoms with Crippen LogP contribution in [0.25, 0.3) is 0 Å². The van der Waals surface area contributed by atoms with E-state index in [9.17, 15) is 9.59 Å². The summed E-state index contributed by atoms with van der Waals surface area (Å²) in [5.74, 6) is -0.0450. The molecule has 17 heavy (non-hydrogen) atoms. The van der Waals surface area contributed by atoms with Crippen LogP contribution in [0.2, 0.25) is 0 Å². The van der Waals surface area contributed by atoms with Crippen LogP contribution in [-0.2, 0) is 14.3 Å². The third-order valence-corrected chi connectivity index (χ3v) is 3.67. The van der Waals surface area contributed by atoms with Crippen LogP contribution in [0.5, 0.6) is 0 Å². The summed E-state index contributed by atoms with van der Waals surface area (Å²) in [6.45, 7) is 4.79. The normalized spacial score (nSPS) is 31.5. The highest BCUT2D eigenvalue weighted by Gasteiger charge is 2.39. The summed E-state index contributed by atoms with van der Waals surface area (Å²) < 4.78 is 5.62. The van der Waals surface area contributed by atoms with Gasteiger partial charge in [-0.3, -0.25) is 9.59 Å². The Kier molecular flexibility index (Phi) is 3.66. The lowest BCUT2D eigenvalue weighted by Crippen LogP contribution is -2.62. The van der Waals surface area contributed by atoms with Gasteiger partial charge in [-0.1, -0.05) is 6.92 Å². The van der Waals surface area contributed by atoms with E-state index in [1.807, 2.05) is 13.8 Å². The Labute approximate surface area is 101 Å². The van der Waals surface area contributed by atoms with Gasteiger partial charge in [-0.15, -0.1) is 0 Å². The molecule has 2 aliphatic rings. The molecule has 0 radical (unpaired) electrons. The molecule has 3 unspecified atom stereocenters. The summed E-state index contributed by atoms with van der Waals surface area (Å²) in [6, 6.07) is -0.351. The van der Waals surface area contributed by atoms with Crippen molar-refractivity contribution in [1.29, 1.82) is 0 Å². The molecule has 1 N–H and O–H groups in total. The third kappa shape index (κ3) is 2.29. The number of hydrogen-bond donors (Lipinski definition) is 1. The summed E-state index contributed by atoms with van der Waals surface area (Å²) in [5, 5.41) is 2.64. The molecule has 2 saturated heterocycles. The zero-order valence-corrected chi connectivity index (χ0v) is 10.4. The van der Waals surface area contributed by atoms with Crippen LogP contribution in [0.4, 0.5) is 0 Å². The number of carbonyl (C=O) groups excluding carboxylic acids is 2. The molecule has 5 nitrogen and oxygen atoms in total. The van der Waals surface area contributed by atoms with Crippen molar-refractivity contribution in [2.75, 3.05) is 13.2 Å². The van der Waals surface area contributed by atoms with E-state index in [1.165, 1.54) is 0 Å². The predicted octanol–water partition coefficient (Wildman–Crippen LogP) is 0.291. The van der Waals surface area contributed by atoms with Gasteiger partial charge in [0.1, 0.15) is 6.04 Å². The van der Waals surface area contributed by atoms with Gasteiger partial charge in [0.25, 0.3) is 0 Å². The van der Waals surface area contributed by atoms with Crippen LogP contribution < -0.4 is 5.32 Å². The van der Waals surface area contributed by atoms with Gasteiger partial charge >= 0.3 is 0 Å². The largest absolute Gasteiger partial charge is 0.376 e. The first-order valence-corrected chi connectivity index (χ1v) is 6.35. The Balaban J connectivity index is 2.13. The molecule has 0 aromatic carbocycles. The molecule has 0 aliphatic carbocycles. The van der Waals surface area contributed by atoms with Gasteiger partial charge in [0, 0.05) is 6.61 Å². The Morgan fingerprint density at radius 1 is 1.53 bits per heavy atom. The molecular formula is C12H20N2O3. The van der Waals surface area contributed by atoms with E-state index in [0.29, 0.717) is 6.42 Å². The van der Waals surface area contributed by atoms with Crippen molar-refractivity contribution in [3.63, 3.8) is 0 Å². The Morgan fingerprint density at radius 2 is 2.29 bits per heavy atom. The van der Waals surface area contributed by atoms with Crippen LogP contribution in [0.15, 0.2) is 0 Å². The minimum absolute atomic E-state index is 0.000509. The van der Waals surface area contributed by atoms with Crippen LogP contribution in [0.1, 0.15) is 33.1 Å². The smallest absolute Gasteiger partial charge is 0.243 e. The second-order valence-corrected chi connectivity index (χ2v) is 4.73. The van der Waals surface area contributed by atoms with Crippen molar-refractivity contribution in [2.45, 2.75) is 51.3 Å². The van der Waals surface area contributed by atoms with Crippen LogP contribution in [-0.4, -0.2) is 48.1 Å². The first-order chi connectivity index (χ1) is 8.15. The van der Waals surface area contributed by atoms with E-state index in [4.69, 9.17) is 4.74 Å². The number of piperazine rings is 1. The fourth-order valence-electron chi connectivity index (χ4n) is 2.73. The molecule has 0 aromatic heterocycles. The highest BCUT2D eigenvalue weighted by Crippen LogP contribution is 2.23. The van der Waals surface area contributed by atoms with Crippen molar-refractivity contribution < 1.29 is 14.3 Å². The van der Waals surface area contributed by atoms with Crippen LogP contribution in [0, 0.1) is 0 Å². The molecule has 2 rings (SSSR count). The van der Waals surface area contributed by atoms with Crippen molar-refractivity contribution >= 4 is 11.8 Å². The van der Waals surface area contributed by atoms with Crippen LogP contribution in [0.3, 0.4) is 0 Å². The maximum atomic E-state index is 12.0. The average molecular weight is 240 g/mol. The fraction of sp³-hybridized carbons (Fsp3) is 0.833. The molecule has 5 heteroatoms. The average Bonchev–Trinajstić information content (AvgIpc) is 2.84. The van der Waals surface area contributed by atoms with E-state index in [2.05, 4.69) is 5.32 Å². The van der Waals surface area contributed by atoms with Crippen molar-refractivity contribution in [2.24, 2.45) is 0 Å². The molecule has 0 aromatic rings. The second kappa shape index (κ2) is 5.04. The Morgan fingerprint density at radius 3 is 2.88 bits per heavy atom. The van der Waals surface area contributed by atoms with Crippen molar-refractivity contribution in [3.8, 4) is 0 Å². The number of hydrogen-bond acceptors (Lipinski definition) is 3. The van der Waals surface area contributed by atoms with Crippen molar-refractivity contribution in [3.05, 3.63) is 0 Å². The maximum absolute atomic E-state index is 12.0. The van der Waals surface area contributed by atoms with Crippen LogP contribution >= 0.6 is 0 Å². The maximum Gasteiger partial charge on any atom is 0.243 e. The first-order valence-electron chi connectivity index (χ1n) is 6.35. The monoisotopic (exact) mass is 240 g/mol. The van der Waals surface area contributed by atoms with Gasteiger partial charge in [-0.25, -0.2) is 0 Å². The summed E-state index contributed by atoms with van der Waals surface area (Å²) in [5.41, 5.74) is 0. The fourth-order valence-corrected chi connectivity index (χ4v) is 2.73. The molecule has 0 spiro atoms. The lowest BCUT2D eigenvalue weighted by Gasteiger charge is -2.40. The standard InChI is InChI=1S/C12H20N2O3/c1-3-9-12(16)13-7-11(15)14(9)8(2)10-5-4-6-17-10/h8-10H,3-7H2,1-2H3,(H,13,16). The molecule has 2 aliphatic heterocycles. The van der Waals surface area contributed by atoms with Gasteiger partial charge in [0.2, 0.25) is 11.8 Å². The van der Waals surface area contributed by atoms with Gasteiger partial charge in [-0.2, -0.15) is 0 Å². The van der Waals surface area contributed by atoms with E-state index >= 15 is 0 Å². The molecule has 3 atom stereocenters. The number of carbonyl (C=O) groups is 2. The van der Waals surface area contributed by atoms with Crippen molar-refractivity contribution in [1.82, 2.24) is 10.2 Å². The quantitative estimate of drug-likeness (QED) is 0.771. The minimum Gasteiger partial charge on any atom is -0.376 e. The molecule has 0 saturated carbocycles. The summed E-state index contributed by atoms with van der Waals surface area (Å²) >= 11 is 0. The first kappa shape index (κ1) is 12.4. The van der Waals surface area contributed by atoms with Gasteiger partial charge in [0.05, 0.1) is 18.7 Å². The third-order valence-electron chi connectivity index (χ3n) is 3.67. The zero-order valence-electron chi connectivity index (χ0n) is 10.4. The minimum atomic E-state index is -0.338. The van der Waals surface area contributed by atoms with Gasteiger partial charge in [0.15, 0.2) is 0 Å². The SMILES string of the molecule is CCC1C(=O)NCC(=O)N1C(C)C1CCCO1. The van der Waals surface area contributed by atoms with E-state index in [0.717, 1.165) is 19.4 Å². The molecule has 2 amide bonds. The topological polar surface area (TPSA) is 58.6 Å².